The van der Waals surface area contributed by atoms with Gasteiger partial charge >= 0.3 is 0 Å². The SMILES string of the molecule is N=c1c2c(c3nc(=O)c4c(=O)c5c(c(=O)nc6c7c(c(=N)n65)CCCCCCC7)c(=O)c4n13)CCCCCCCC2. The van der Waals surface area contributed by atoms with E-state index in [1.165, 1.54) is 8.80 Å². The molecule has 0 unspecified atom stereocenters. The van der Waals surface area contributed by atoms with Crippen molar-refractivity contribution in [2.75, 3.05) is 0 Å². The van der Waals surface area contributed by atoms with Gasteiger partial charge in [-0.25, -0.2) is 0 Å². The molecule has 0 saturated carbocycles. The number of hydrogen-bond donors (Lipinski definition) is 2. The van der Waals surface area contributed by atoms with E-state index in [1.54, 1.807) is 0 Å². The third-order valence-corrected chi connectivity index (χ3v) is 9.32. The zero-order chi connectivity index (χ0) is 28.4. The lowest BCUT2D eigenvalue weighted by atomic mass is 9.97. The van der Waals surface area contributed by atoms with Crippen molar-refractivity contribution >= 4 is 33.1 Å². The van der Waals surface area contributed by atoms with Crippen LogP contribution in [-0.2, 0) is 25.7 Å². The number of rotatable bonds is 0. The maximum absolute atomic E-state index is 14.2. The first-order valence-electron chi connectivity index (χ1n) is 15.0. The molecule has 0 fully saturated rings. The molecule has 10 nitrogen and oxygen atoms in total. The molecule has 7 rings (SSSR count). The van der Waals surface area contributed by atoms with Crippen molar-refractivity contribution in [3.05, 3.63) is 74.4 Å². The van der Waals surface area contributed by atoms with Crippen LogP contribution in [0.15, 0.2) is 19.2 Å². The third-order valence-electron chi connectivity index (χ3n) is 9.32. The summed E-state index contributed by atoms with van der Waals surface area (Å²) in [6, 6.07) is 0. The van der Waals surface area contributed by atoms with Crippen molar-refractivity contribution in [2.24, 2.45) is 0 Å². The number of benzene rings is 1. The van der Waals surface area contributed by atoms with E-state index in [-0.39, 0.29) is 33.3 Å². The minimum Gasteiger partial charge on any atom is -0.287 e. The molecule has 2 aliphatic carbocycles. The average molecular weight is 553 g/mol. The Hall–Kier alpha value is -4.08. The second kappa shape index (κ2) is 9.78. The lowest BCUT2D eigenvalue weighted by molar-refractivity contribution is 0.581. The van der Waals surface area contributed by atoms with Crippen LogP contribution in [0.4, 0.5) is 0 Å². The van der Waals surface area contributed by atoms with E-state index in [4.69, 9.17) is 10.8 Å². The molecule has 10 heteroatoms. The van der Waals surface area contributed by atoms with Crippen LogP contribution in [0.25, 0.3) is 33.1 Å². The fraction of sp³-hybridized carbons (Fsp3) is 0.484. The second-order valence-corrected chi connectivity index (χ2v) is 11.8. The van der Waals surface area contributed by atoms with Crippen molar-refractivity contribution in [1.29, 1.82) is 10.8 Å². The molecule has 5 aromatic rings. The highest BCUT2D eigenvalue weighted by Crippen LogP contribution is 2.24. The molecule has 0 amide bonds. The van der Waals surface area contributed by atoms with E-state index in [1.807, 2.05) is 0 Å². The molecule has 2 aliphatic rings. The Morgan fingerprint density at radius 3 is 1.15 bits per heavy atom. The lowest BCUT2D eigenvalue weighted by Gasteiger charge is -2.08. The summed E-state index contributed by atoms with van der Waals surface area (Å²) in [6.07, 6.45) is 13.5. The van der Waals surface area contributed by atoms with Gasteiger partial charge in [0.15, 0.2) is 0 Å². The molecular weight excluding hydrogens is 520 g/mol. The third kappa shape index (κ3) is 3.75. The monoisotopic (exact) mass is 552 g/mol. The summed E-state index contributed by atoms with van der Waals surface area (Å²) in [4.78, 5) is 64.0. The zero-order valence-corrected chi connectivity index (χ0v) is 23.0. The number of fused-ring (bicyclic) bond motifs is 10. The molecule has 4 heterocycles. The molecule has 0 saturated heterocycles. The second-order valence-electron chi connectivity index (χ2n) is 11.8. The van der Waals surface area contributed by atoms with Crippen molar-refractivity contribution < 1.29 is 0 Å². The molecular formula is C31H32N6O4. The standard InChI is InChI=1S/C31H32N6O4/c32-26-16-12-8-4-1-2-5-10-14-18(16)28-34-30(40)20-22(36(26)28)24(38)21-23(25(20)39)37-27(33)17-13-9-6-3-7-11-15-19(17)29(37)35-31(21)41/h32-33H,1-15H2. The van der Waals surface area contributed by atoms with Crippen molar-refractivity contribution in [1.82, 2.24) is 18.8 Å². The predicted molar refractivity (Wildman–Crippen MR) is 155 cm³/mol. The number of nitrogens with one attached hydrogen (secondary N) is 2. The number of aromatic nitrogens is 4. The molecule has 0 radical (unpaired) electrons. The van der Waals surface area contributed by atoms with Gasteiger partial charge in [0.25, 0.3) is 11.1 Å². The van der Waals surface area contributed by atoms with Crippen LogP contribution >= 0.6 is 0 Å². The summed E-state index contributed by atoms with van der Waals surface area (Å²) in [7, 11) is 0. The van der Waals surface area contributed by atoms with Gasteiger partial charge in [0.2, 0.25) is 10.9 Å². The van der Waals surface area contributed by atoms with E-state index >= 15 is 0 Å². The van der Waals surface area contributed by atoms with Gasteiger partial charge in [-0.05, 0) is 51.4 Å². The molecule has 2 N–H and O–H groups in total. The minimum absolute atomic E-state index is 0.0453. The first-order valence-corrected chi connectivity index (χ1v) is 15.0. The van der Waals surface area contributed by atoms with Crippen LogP contribution in [0.5, 0.6) is 0 Å². The fourth-order valence-electron chi connectivity index (χ4n) is 7.29. The number of aryl methyl sites for hydroxylation is 2. The molecule has 0 atom stereocenters. The molecule has 0 bridgehead atoms. The van der Waals surface area contributed by atoms with Crippen LogP contribution in [0.3, 0.4) is 0 Å². The summed E-state index contributed by atoms with van der Waals surface area (Å²) in [5.74, 6) is 0. The van der Waals surface area contributed by atoms with Gasteiger partial charge in [-0.2, -0.15) is 9.97 Å². The molecule has 0 aliphatic heterocycles. The minimum atomic E-state index is -0.834. The Kier molecular flexibility index (Phi) is 6.17. The van der Waals surface area contributed by atoms with Crippen molar-refractivity contribution in [3.63, 3.8) is 0 Å². The molecule has 1 aromatic carbocycles. The van der Waals surface area contributed by atoms with Gasteiger partial charge in [-0.3, -0.25) is 38.8 Å². The van der Waals surface area contributed by atoms with Crippen LogP contribution in [0.2, 0.25) is 0 Å². The van der Waals surface area contributed by atoms with E-state index in [0.717, 1.165) is 92.9 Å². The van der Waals surface area contributed by atoms with Crippen LogP contribution in [0.1, 0.15) is 92.9 Å². The highest BCUT2D eigenvalue weighted by atomic mass is 16.1. The largest absolute Gasteiger partial charge is 0.287 e. The summed E-state index contributed by atoms with van der Waals surface area (Å²) >= 11 is 0. The summed E-state index contributed by atoms with van der Waals surface area (Å²) in [6.45, 7) is 0. The van der Waals surface area contributed by atoms with E-state index in [9.17, 15) is 19.2 Å². The van der Waals surface area contributed by atoms with Crippen molar-refractivity contribution in [3.8, 4) is 0 Å². The maximum Gasteiger partial charge on any atom is 0.285 e. The Labute approximate surface area is 233 Å². The van der Waals surface area contributed by atoms with Gasteiger partial charge < -0.3 is 0 Å². The van der Waals surface area contributed by atoms with E-state index in [2.05, 4.69) is 9.97 Å². The van der Waals surface area contributed by atoms with Gasteiger partial charge in [0.1, 0.15) is 44.1 Å². The first-order chi connectivity index (χ1) is 19.9. The average Bonchev–Trinajstić information content (AvgIpc) is 3.41. The quantitative estimate of drug-likeness (QED) is 0.282. The van der Waals surface area contributed by atoms with Crippen LogP contribution in [-0.4, -0.2) is 18.8 Å². The van der Waals surface area contributed by atoms with Crippen molar-refractivity contribution in [2.45, 2.75) is 96.3 Å². The molecule has 4 aromatic heterocycles. The summed E-state index contributed by atoms with van der Waals surface area (Å²) in [5, 5.41) is 17.2. The van der Waals surface area contributed by atoms with Gasteiger partial charge in [0, 0.05) is 22.3 Å². The van der Waals surface area contributed by atoms with Gasteiger partial charge in [-0.15, -0.1) is 0 Å². The molecule has 210 valence electrons. The van der Waals surface area contributed by atoms with Crippen LogP contribution in [0, 0.1) is 10.8 Å². The van der Waals surface area contributed by atoms with Gasteiger partial charge in [-0.1, -0.05) is 44.9 Å². The Morgan fingerprint density at radius 1 is 0.463 bits per heavy atom. The van der Waals surface area contributed by atoms with E-state index in [0.29, 0.717) is 25.7 Å². The normalized spacial score (nSPS) is 17.4. The predicted octanol–water partition coefficient (Wildman–Crippen LogP) is 2.49. The summed E-state index contributed by atoms with van der Waals surface area (Å²) in [5.41, 5.74) is -0.175. The smallest absolute Gasteiger partial charge is 0.285 e. The van der Waals surface area contributed by atoms with Crippen LogP contribution < -0.4 is 33.0 Å². The lowest BCUT2D eigenvalue weighted by Crippen LogP contribution is -2.33. The maximum atomic E-state index is 14.2. The number of nitrogens with zero attached hydrogens (tertiary/aromatic N) is 4. The zero-order valence-electron chi connectivity index (χ0n) is 23.0. The first kappa shape index (κ1) is 25.9. The fourth-order valence-corrected chi connectivity index (χ4v) is 7.29. The highest BCUT2D eigenvalue weighted by molar-refractivity contribution is 5.96. The summed E-state index contributed by atoms with van der Waals surface area (Å²) < 4.78 is 2.64. The highest BCUT2D eigenvalue weighted by Gasteiger charge is 2.28. The van der Waals surface area contributed by atoms with Gasteiger partial charge in [0.05, 0.1) is 0 Å². The Bertz CT molecular complexity index is 2220. The topological polar surface area (TPSA) is 151 Å². The number of hydrogen-bond acceptors (Lipinski definition) is 8. The van der Waals surface area contributed by atoms with E-state index < -0.39 is 32.7 Å². The Morgan fingerprint density at radius 2 is 0.780 bits per heavy atom. The molecule has 0 spiro atoms. The Balaban J connectivity index is 1.64. The molecule has 41 heavy (non-hydrogen) atoms.